The highest BCUT2D eigenvalue weighted by atomic mass is 19.1. The second-order valence-corrected chi connectivity index (χ2v) is 4.83. The quantitative estimate of drug-likeness (QED) is 0.850. The zero-order valence-corrected chi connectivity index (χ0v) is 12.5. The van der Waals surface area contributed by atoms with Crippen LogP contribution in [0.4, 0.5) is 4.39 Å². The summed E-state index contributed by atoms with van der Waals surface area (Å²) in [5.41, 5.74) is 1.79. The average molecular weight is 317 g/mol. The normalized spacial score (nSPS) is 10.3. The zero-order valence-electron chi connectivity index (χ0n) is 12.5. The topological polar surface area (TPSA) is 92.2 Å². The molecule has 0 fully saturated rings. The number of aliphatic carboxylic acids is 1. The van der Waals surface area contributed by atoms with Crippen LogP contribution in [-0.2, 0) is 11.2 Å². The van der Waals surface area contributed by atoms with E-state index in [-0.39, 0.29) is 18.5 Å². The molecule has 1 heterocycles. The lowest BCUT2D eigenvalue weighted by Crippen LogP contribution is -2.26. The van der Waals surface area contributed by atoms with Crippen molar-refractivity contribution in [3.63, 3.8) is 0 Å². The molecular weight excluding hydrogens is 301 g/mol. The second kappa shape index (κ2) is 7.44. The molecule has 1 amide bonds. The number of nitrogens with one attached hydrogen (secondary N) is 1. The van der Waals surface area contributed by atoms with Crippen LogP contribution >= 0.6 is 0 Å². The van der Waals surface area contributed by atoms with Crippen LogP contribution in [0.2, 0.25) is 0 Å². The number of aryl methyl sites for hydroxylation is 1. The van der Waals surface area contributed by atoms with E-state index in [9.17, 15) is 14.0 Å². The number of halogens is 1. The highest BCUT2D eigenvalue weighted by molar-refractivity contribution is 5.95. The standard InChI is InChI=1S/C16H16FN3O3/c1-2-13-15(19-6-5-18-13)10-7-11(9-12(17)8-10)16(23)20-4-3-14(21)22/h5-9H,2-4H2,1H3,(H,20,23)(H,21,22). The Kier molecular flexibility index (Phi) is 5.35. The van der Waals surface area contributed by atoms with Gasteiger partial charge in [-0.2, -0.15) is 0 Å². The summed E-state index contributed by atoms with van der Waals surface area (Å²) in [6.45, 7) is 1.89. The van der Waals surface area contributed by atoms with Crippen LogP contribution in [0.3, 0.4) is 0 Å². The number of aromatic nitrogens is 2. The molecule has 0 saturated carbocycles. The molecule has 0 atom stereocenters. The third-order valence-electron chi connectivity index (χ3n) is 3.17. The van der Waals surface area contributed by atoms with Crippen LogP contribution in [0.1, 0.15) is 29.4 Å². The highest BCUT2D eigenvalue weighted by Gasteiger charge is 2.13. The van der Waals surface area contributed by atoms with E-state index in [0.29, 0.717) is 23.4 Å². The molecule has 0 aliphatic heterocycles. The number of amides is 1. The Morgan fingerprint density at radius 2 is 1.96 bits per heavy atom. The minimum absolute atomic E-state index is 0.0225. The zero-order chi connectivity index (χ0) is 16.8. The SMILES string of the molecule is CCc1nccnc1-c1cc(F)cc(C(=O)NCCC(=O)O)c1. The van der Waals surface area contributed by atoms with Gasteiger partial charge in [0.05, 0.1) is 17.8 Å². The molecule has 1 aromatic carbocycles. The number of benzene rings is 1. The summed E-state index contributed by atoms with van der Waals surface area (Å²) in [4.78, 5) is 30.9. The van der Waals surface area contributed by atoms with Crippen molar-refractivity contribution < 1.29 is 19.1 Å². The fourth-order valence-electron chi connectivity index (χ4n) is 2.11. The number of carbonyl (C=O) groups excluding carboxylic acids is 1. The van der Waals surface area contributed by atoms with Crippen molar-refractivity contribution in [1.82, 2.24) is 15.3 Å². The van der Waals surface area contributed by atoms with Crippen molar-refractivity contribution in [2.24, 2.45) is 0 Å². The summed E-state index contributed by atoms with van der Waals surface area (Å²) in [5.74, 6) is -2.12. The van der Waals surface area contributed by atoms with Crippen LogP contribution in [0.25, 0.3) is 11.3 Å². The summed E-state index contributed by atoms with van der Waals surface area (Å²) in [5, 5.41) is 11.0. The summed E-state index contributed by atoms with van der Waals surface area (Å²) in [6.07, 6.45) is 3.49. The molecule has 2 aromatic rings. The third kappa shape index (κ3) is 4.32. The smallest absolute Gasteiger partial charge is 0.305 e. The van der Waals surface area contributed by atoms with Gasteiger partial charge in [0.1, 0.15) is 5.82 Å². The van der Waals surface area contributed by atoms with Crippen LogP contribution in [0.5, 0.6) is 0 Å². The molecule has 0 aliphatic carbocycles. The molecular formula is C16H16FN3O3. The molecule has 0 unspecified atom stereocenters. The number of carboxylic acids is 1. The largest absolute Gasteiger partial charge is 0.481 e. The van der Waals surface area contributed by atoms with Crippen LogP contribution in [0.15, 0.2) is 30.6 Å². The Labute approximate surface area is 132 Å². The first-order valence-electron chi connectivity index (χ1n) is 7.12. The third-order valence-corrected chi connectivity index (χ3v) is 3.17. The maximum absolute atomic E-state index is 13.8. The van der Waals surface area contributed by atoms with Gasteiger partial charge in [0.15, 0.2) is 0 Å². The fraction of sp³-hybridized carbons (Fsp3) is 0.250. The molecule has 0 saturated heterocycles. The van der Waals surface area contributed by atoms with Gasteiger partial charge in [0.2, 0.25) is 0 Å². The maximum Gasteiger partial charge on any atom is 0.305 e. The summed E-state index contributed by atoms with van der Waals surface area (Å²) < 4.78 is 13.8. The number of carbonyl (C=O) groups is 2. The average Bonchev–Trinajstić information content (AvgIpc) is 2.53. The first-order chi connectivity index (χ1) is 11.0. The monoisotopic (exact) mass is 317 g/mol. The lowest BCUT2D eigenvalue weighted by Gasteiger charge is -2.09. The minimum atomic E-state index is -1.02. The summed E-state index contributed by atoms with van der Waals surface area (Å²) in [6, 6.07) is 3.90. The number of hydrogen-bond donors (Lipinski definition) is 2. The van der Waals surface area contributed by atoms with Crippen molar-refractivity contribution in [3.05, 3.63) is 47.7 Å². The van der Waals surface area contributed by atoms with E-state index < -0.39 is 17.7 Å². The molecule has 0 aliphatic rings. The van der Waals surface area contributed by atoms with Crippen LogP contribution < -0.4 is 5.32 Å². The molecule has 23 heavy (non-hydrogen) atoms. The van der Waals surface area contributed by atoms with E-state index in [2.05, 4.69) is 15.3 Å². The number of rotatable bonds is 6. The van der Waals surface area contributed by atoms with Gasteiger partial charge in [0, 0.05) is 30.1 Å². The van der Waals surface area contributed by atoms with Gasteiger partial charge in [0.25, 0.3) is 5.91 Å². The summed E-state index contributed by atoms with van der Waals surface area (Å²) in [7, 11) is 0. The molecule has 1 aromatic heterocycles. The first-order valence-corrected chi connectivity index (χ1v) is 7.12. The van der Waals surface area contributed by atoms with Gasteiger partial charge in [-0.05, 0) is 24.6 Å². The predicted octanol–water partition coefficient (Wildman–Crippen LogP) is 2.05. The van der Waals surface area contributed by atoms with Crippen LogP contribution in [-0.4, -0.2) is 33.5 Å². The van der Waals surface area contributed by atoms with E-state index in [1.54, 1.807) is 6.20 Å². The van der Waals surface area contributed by atoms with E-state index in [1.807, 2.05) is 6.92 Å². The van der Waals surface area contributed by atoms with Crippen molar-refractivity contribution in [2.75, 3.05) is 6.54 Å². The Morgan fingerprint density at radius 1 is 1.22 bits per heavy atom. The Balaban J connectivity index is 2.28. The summed E-state index contributed by atoms with van der Waals surface area (Å²) >= 11 is 0. The molecule has 6 nitrogen and oxygen atoms in total. The molecule has 120 valence electrons. The van der Waals surface area contributed by atoms with E-state index in [1.165, 1.54) is 18.3 Å². The molecule has 2 rings (SSSR count). The predicted molar refractivity (Wildman–Crippen MR) is 81.4 cm³/mol. The maximum atomic E-state index is 13.8. The van der Waals surface area contributed by atoms with E-state index >= 15 is 0 Å². The van der Waals surface area contributed by atoms with Crippen molar-refractivity contribution in [3.8, 4) is 11.3 Å². The lowest BCUT2D eigenvalue weighted by atomic mass is 10.0. The fourth-order valence-corrected chi connectivity index (χ4v) is 2.11. The highest BCUT2D eigenvalue weighted by Crippen LogP contribution is 2.22. The van der Waals surface area contributed by atoms with E-state index in [4.69, 9.17) is 5.11 Å². The second-order valence-electron chi connectivity index (χ2n) is 4.83. The molecule has 2 N–H and O–H groups in total. The lowest BCUT2D eigenvalue weighted by molar-refractivity contribution is -0.136. The molecule has 0 spiro atoms. The van der Waals surface area contributed by atoms with Gasteiger partial charge in [-0.15, -0.1) is 0 Å². The van der Waals surface area contributed by atoms with Gasteiger partial charge >= 0.3 is 5.97 Å². The molecule has 7 heteroatoms. The van der Waals surface area contributed by atoms with Gasteiger partial charge in [-0.25, -0.2) is 4.39 Å². The Bertz CT molecular complexity index is 734. The number of carboxylic acid groups (broad SMARTS) is 1. The molecule has 0 radical (unpaired) electrons. The number of hydrogen-bond acceptors (Lipinski definition) is 4. The van der Waals surface area contributed by atoms with Crippen LogP contribution in [0, 0.1) is 5.82 Å². The Morgan fingerprint density at radius 3 is 2.65 bits per heavy atom. The number of nitrogens with zero attached hydrogens (tertiary/aromatic N) is 2. The Hall–Kier alpha value is -2.83. The first kappa shape index (κ1) is 16.5. The van der Waals surface area contributed by atoms with Gasteiger partial charge < -0.3 is 10.4 Å². The van der Waals surface area contributed by atoms with Gasteiger partial charge in [-0.1, -0.05) is 6.92 Å². The van der Waals surface area contributed by atoms with Crippen molar-refractivity contribution in [1.29, 1.82) is 0 Å². The minimum Gasteiger partial charge on any atom is -0.481 e. The van der Waals surface area contributed by atoms with Crippen molar-refractivity contribution >= 4 is 11.9 Å². The van der Waals surface area contributed by atoms with Gasteiger partial charge in [-0.3, -0.25) is 19.6 Å². The van der Waals surface area contributed by atoms with Crippen molar-refractivity contribution in [2.45, 2.75) is 19.8 Å². The molecule has 0 bridgehead atoms. The van der Waals surface area contributed by atoms with E-state index in [0.717, 1.165) is 6.07 Å².